The molecule has 0 heterocycles. The SMILES string of the molecule is CCSCC(C)NC1CCC(C)(C)C1. The van der Waals surface area contributed by atoms with Crippen molar-refractivity contribution in [1.82, 2.24) is 5.32 Å². The molecule has 1 aliphatic carbocycles. The molecule has 2 unspecified atom stereocenters. The van der Waals surface area contributed by atoms with Crippen molar-refractivity contribution in [2.24, 2.45) is 5.41 Å². The zero-order valence-corrected chi connectivity index (χ0v) is 10.9. The van der Waals surface area contributed by atoms with Gasteiger partial charge in [0.2, 0.25) is 0 Å². The fourth-order valence-corrected chi connectivity index (χ4v) is 3.01. The number of hydrogen-bond acceptors (Lipinski definition) is 2. The molecule has 1 nitrogen and oxygen atoms in total. The molecule has 0 aliphatic heterocycles. The van der Waals surface area contributed by atoms with Crippen LogP contribution < -0.4 is 5.32 Å². The monoisotopic (exact) mass is 215 g/mol. The van der Waals surface area contributed by atoms with Crippen molar-refractivity contribution in [3.8, 4) is 0 Å². The summed E-state index contributed by atoms with van der Waals surface area (Å²) in [4.78, 5) is 0. The number of rotatable bonds is 5. The first-order valence-corrected chi connectivity index (χ1v) is 7.03. The molecule has 0 aromatic heterocycles. The second-order valence-corrected chi connectivity index (χ2v) is 6.65. The highest BCUT2D eigenvalue weighted by molar-refractivity contribution is 7.99. The maximum Gasteiger partial charge on any atom is 0.0132 e. The van der Waals surface area contributed by atoms with E-state index in [-0.39, 0.29) is 0 Å². The van der Waals surface area contributed by atoms with Gasteiger partial charge in [0, 0.05) is 17.8 Å². The Balaban J connectivity index is 2.18. The summed E-state index contributed by atoms with van der Waals surface area (Å²) in [5.74, 6) is 2.50. The van der Waals surface area contributed by atoms with Crippen LogP contribution in [-0.4, -0.2) is 23.6 Å². The quantitative estimate of drug-likeness (QED) is 0.755. The Morgan fingerprint density at radius 2 is 2.21 bits per heavy atom. The minimum atomic E-state index is 0.579. The second kappa shape index (κ2) is 5.41. The number of nitrogens with one attached hydrogen (secondary N) is 1. The summed E-state index contributed by atoms with van der Waals surface area (Å²) in [6.45, 7) is 9.32. The van der Waals surface area contributed by atoms with E-state index in [4.69, 9.17) is 0 Å². The number of thioether (sulfide) groups is 1. The van der Waals surface area contributed by atoms with Crippen LogP contribution in [0.4, 0.5) is 0 Å². The van der Waals surface area contributed by atoms with Gasteiger partial charge < -0.3 is 5.32 Å². The number of hydrogen-bond donors (Lipinski definition) is 1. The van der Waals surface area contributed by atoms with Crippen molar-refractivity contribution in [3.05, 3.63) is 0 Å². The molecule has 0 radical (unpaired) electrons. The predicted molar refractivity (Wildman–Crippen MR) is 67.0 cm³/mol. The molecular formula is C12H25NS. The molecule has 0 bridgehead atoms. The lowest BCUT2D eigenvalue weighted by Gasteiger charge is -2.21. The minimum Gasteiger partial charge on any atom is -0.311 e. The third-order valence-electron chi connectivity index (χ3n) is 3.06. The topological polar surface area (TPSA) is 12.0 Å². The molecule has 84 valence electrons. The summed E-state index contributed by atoms with van der Waals surface area (Å²) < 4.78 is 0. The van der Waals surface area contributed by atoms with E-state index in [0.717, 1.165) is 6.04 Å². The third-order valence-corrected chi connectivity index (χ3v) is 4.20. The smallest absolute Gasteiger partial charge is 0.0132 e. The molecular weight excluding hydrogens is 190 g/mol. The minimum absolute atomic E-state index is 0.579. The normalized spacial score (nSPS) is 27.9. The third kappa shape index (κ3) is 4.22. The van der Waals surface area contributed by atoms with Crippen molar-refractivity contribution in [2.45, 2.75) is 59.0 Å². The van der Waals surface area contributed by atoms with Gasteiger partial charge in [-0.25, -0.2) is 0 Å². The first kappa shape index (κ1) is 12.4. The van der Waals surface area contributed by atoms with Crippen LogP contribution in [-0.2, 0) is 0 Å². The maximum absolute atomic E-state index is 3.75. The van der Waals surface area contributed by atoms with Gasteiger partial charge in [0.25, 0.3) is 0 Å². The molecule has 0 aromatic carbocycles. The lowest BCUT2D eigenvalue weighted by atomic mass is 9.92. The Bertz CT molecular complexity index is 168. The van der Waals surface area contributed by atoms with E-state index < -0.39 is 0 Å². The van der Waals surface area contributed by atoms with Crippen molar-refractivity contribution in [1.29, 1.82) is 0 Å². The highest BCUT2D eigenvalue weighted by atomic mass is 32.2. The Morgan fingerprint density at radius 1 is 1.50 bits per heavy atom. The van der Waals surface area contributed by atoms with E-state index in [2.05, 4.69) is 33.0 Å². The Labute approximate surface area is 93.4 Å². The van der Waals surface area contributed by atoms with Gasteiger partial charge in [-0.3, -0.25) is 0 Å². The Hall–Kier alpha value is 0.310. The summed E-state index contributed by atoms with van der Waals surface area (Å²) in [6, 6.07) is 1.45. The van der Waals surface area contributed by atoms with E-state index >= 15 is 0 Å². The van der Waals surface area contributed by atoms with Crippen LogP contribution in [0.5, 0.6) is 0 Å². The lowest BCUT2D eigenvalue weighted by Crippen LogP contribution is -2.36. The summed E-state index contributed by atoms with van der Waals surface area (Å²) in [6.07, 6.45) is 4.11. The van der Waals surface area contributed by atoms with Gasteiger partial charge in [-0.15, -0.1) is 0 Å². The van der Waals surface area contributed by atoms with Gasteiger partial charge in [0.1, 0.15) is 0 Å². The van der Waals surface area contributed by atoms with Crippen LogP contribution >= 0.6 is 11.8 Å². The average molecular weight is 215 g/mol. The molecule has 0 saturated heterocycles. The molecule has 0 spiro atoms. The molecule has 0 aromatic rings. The molecule has 0 amide bonds. The van der Waals surface area contributed by atoms with Gasteiger partial charge in [-0.05, 0) is 37.4 Å². The van der Waals surface area contributed by atoms with Gasteiger partial charge in [-0.2, -0.15) is 11.8 Å². The largest absolute Gasteiger partial charge is 0.311 e. The lowest BCUT2D eigenvalue weighted by molar-refractivity contribution is 0.359. The fraction of sp³-hybridized carbons (Fsp3) is 1.00. The molecule has 14 heavy (non-hydrogen) atoms. The highest BCUT2D eigenvalue weighted by Crippen LogP contribution is 2.37. The standard InChI is InChI=1S/C12H25NS/c1-5-14-9-10(2)13-11-6-7-12(3,4)8-11/h10-11,13H,5-9H2,1-4H3. The van der Waals surface area contributed by atoms with Gasteiger partial charge in [0.05, 0.1) is 0 Å². The summed E-state index contributed by atoms with van der Waals surface area (Å²) in [7, 11) is 0. The molecule has 1 aliphatic rings. The summed E-state index contributed by atoms with van der Waals surface area (Å²) in [5, 5.41) is 3.75. The van der Waals surface area contributed by atoms with Crippen LogP contribution in [0, 0.1) is 5.41 Å². The molecule has 2 heteroatoms. The Kier molecular flexibility index (Phi) is 4.78. The van der Waals surface area contributed by atoms with Crippen molar-refractivity contribution in [2.75, 3.05) is 11.5 Å². The highest BCUT2D eigenvalue weighted by Gasteiger charge is 2.31. The summed E-state index contributed by atoms with van der Waals surface area (Å²) in [5.41, 5.74) is 0.579. The summed E-state index contributed by atoms with van der Waals surface area (Å²) >= 11 is 2.04. The molecule has 1 saturated carbocycles. The van der Waals surface area contributed by atoms with Crippen LogP contribution in [0.15, 0.2) is 0 Å². The van der Waals surface area contributed by atoms with E-state index in [0.29, 0.717) is 11.5 Å². The fourth-order valence-electron chi connectivity index (χ4n) is 2.32. The zero-order valence-electron chi connectivity index (χ0n) is 10.1. The van der Waals surface area contributed by atoms with Crippen LogP contribution in [0.25, 0.3) is 0 Å². The first-order valence-electron chi connectivity index (χ1n) is 5.87. The van der Waals surface area contributed by atoms with Gasteiger partial charge >= 0.3 is 0 Å². The Morgan fingerprint density at radius 3 is 2.71 bits per heavy atom. The van der Waals surface area contributed by atoms with E-state index in [1.165, 1.54) is 30.8 Å². The van der Waals surface area contributed by atoms with Crippen LogP contribution in [0.3, 0.4) is 0 Å². The van der Waals surface area contributed by atoms with Crippen molar-refractivity contribution >= 4 is 11.8 Å². The average Bonchev–Trinajstić information content (AvgIpc) is 2.42. The van der Waals surface area contributed by atoms with E-state index in [1.54, 1.807) is 0 Å². The molecule has 1 rings (SSSR count). The molecule has 1 N–H and O–H groups in total. The van der Waals surface area contributed by atoms with Crippen LogP contribution in [0.2, 0.25) is 0 Å². The maximum atomic E-state index is 3.75. The van der Waals surface area contributed by atoms with Gasteiger partial charge in [0.15, 0.2) is 0 Å². The molecule has 2 atom stereocenters. The van der Waals surface area contributed by atoms with Crippen molar-refractivity contribution < 1.29 is 0 Å². The molecule has 1 fully saturated rings. The van der Waals surface area contributed by atoms with Crippen molar-refractivity contribution in [3.63, 3.8) is 0 Å². The van der Waals surface area contributed by atoms with Crippen LogP contribution in [0.1, 0.15) is 47.0 Å². The second-order valence-electron chi connectivity index (χ2n) is 5.33. The first-order chi connectivity index (χ1) is 6.53. The van der Waals surface area contributed by atoms with E-state index in [1.807, 2.05) is 11.8 Å². The zero-order chi connectivity index (χ0) is 10.6. The van der Waals surface area contributed by atoms with E-state index in [9.17, 15) is 0 Å². The van der Waals surface area contributed by atoms with Gasteiger partial charge in [-0.1, -0.05) is 20.8 Å². The predicted octanol–water partition coefficient (Wildman–Crippen LogP) is 3.30.